The van der Waals surface area contributed by atoms with E-state index in [-0.39, 0.29) is 24.2 Å². The molecule has 4 heterocycles. The summed E-state index contributed by atoms with van der Waals surface area (Å²) in [6.45, 7) is 4.62. The molecule has 5 rings (SSSR count). The van der Waals surface area contributed by atoms with Crippen LogP contribution in [0.15, 0.2) is 30.3 Å². The summed E-state index contributed by atoms with van der Waals surface area (Å²) in [7, 11) is 0. The van der Waals surface area contributed by atoms with Crippen molar-refractivity contribution in [3.63, 3.8) is 0 Å². The number of rotatable bonds is 5. The van der Waals surface area contributed by atoms with E-state index in [9.17, 15) is 0 Å². The van der Waals surface area contributed by atoms with Gasteiger partial charge in [-0.05, 0) is 43.6 Å². The summed E-state index contributed by atoms with van der Waals surface area (Å²) in [6.07, 6.45) is 4.97. The summed E-state index contributed by atoms with van der Waals surface area (Å²) in [5.74, 6) is 2.69. The standard InChI is InChI=1S/C25H40N10/c26-19-11-20(27)14-34(13-19)24-30-23(31-25(32-24)35-15-21(28)12-22(29)16-35)33-8-6-18(7-9-33)10-17-4-2-1-3-5-17/h1-5,18-22H,6-16,26-29H2/t19-,20+,21-,22+. The summed E-state index contributed by atoms with van der Waals surface area (Å²) in [6, 6.07) is 10.8. The fraction of sp³-hybridized carbons (Fsp3) is 0.640. The molecule has 0 radical (unpaired) electrons. The number of piperidine rings is 3. The molecule has 0 aliphatic carbocycles. The Hall–Kier alpha value is -2.53. The summed E-state index contributed by atoms with van der Waals surface area (Å²) in [5.41, 5.74) is 26.5. The first kappa shape index (κ1) is 24.2. The monoisotopic (exact) mass is 480 g/mol. The number of nitrogens with two attached hydrogens (primary N) is 4. The fourth-order valence-electron chi connectivity index (χ4n) is 5.74. The fourth-order valence-corrected chi connectivity index (χ4v) is 5.74. The molecule has 35 heavy (non-hydrogen) atoms. The highest BCUT2D eigenvalue weighted by molar-refractivity contribution is 5.48. The van der Waals surface area contributed by atoms with Gasteiger partial charge < -0.3 is 37.6 Å². The van der Waals surface area contributed by atoms with Crippen molar-refractivity contribution in [2.45, 2.75) is 56.3 Å². The predicted molar refractivity (Wildman–Crippen MR) is 140 cm³/mol. The van der Waals surface area contributed by atoms with Gasteiger partial charge in [-0.2, -0.15) is 15.0 Å². The third-order valence-electron chi connectivity index (χ3n) is 7.46. The average molecular weight is 481 g/mol. The van der Waals surface area contributed by atoms with Crippen molar-refractivity contribution < 1.29 is 0 Å². The van der Waals surface area contributed by atoms with Gasteiger partial charge in [-0.1, -0.05) is 30.3 Å². The maximum absolute atomic E-state index is 6.28. The van der Waals surface area contributed by atoms with Gasteiger partial charge in [0.15, 0.2) is 0 Å². The van der Waals surface area contributed by atoms with Crippen LogP contribution in [0.1, 0.15) is 31.2 Å². The first-order valence-electron chi connectivity index (χ1n) is 13.0. The second-order valence-electron chi connectivity index (χ2n) is 10.7. The minimum atomic E-state index is 0.00739. The Morgan fingerprint density at radius 3 is 1.51 bits per heavy atom. The number of hydrogen-bond acceptors (Lipinski definition) is 10. The van der Waals surface area contributed by atoms with Crippen molar-refractivity contribution in [2.75, 3.05) is 54.0 Å². The van der Waals surface area contributed by atoms with Gasteiger partial charge in [0.05, 0.1) is 0 Å². The molecule has 10 heteroatoms. The number of benzene rings is 1. The molecular formula is C25H40N10. The zero-order chi connectivity index (χ0) is 24.4. The highest BCUT2D eigenvalue weighted by atomic mass is 15.4. The topological polar surface area (TPSA) is 152 Å². The maximum atomic E-state index is 6.28. The maximum Gasteiger partial charge on any atom is 0.232 e. The lowest BCUT2D eigenvalue weighted by Crippen LogP contribution is -2.54. The second kappa shape index (κ2) is 10.6. The average Bonchev–Trinajstić information content (AvgIpc) is 2.84. The largest absolute Gasteiger partial charge is 0.341 e. The quantitative estimate of drug-likeness (QED) is 0.462. The molecule has 3 aliphatic rings. The number of anilines is 3. The highest BCUT2D eigenvalue weighted by Gasteiger charge is 2.30. The van der Waals surface area contributed by atoms with Crippen molar-refractivity contribution in [1.29, 1.82) is 0 Å². The van der Waals surface area contributed by atoms with Crippen molar-refractivity contribution >= 4 is 17.8 Å². The molecule has 1 aromatic heterocycles. The third kappa shape index (κ3) is 6.00. The molecule has 0 unspecified atom stereocenters. The first-order valence-corrected chi connectivity index (χ1v) is 13.0. The predicted octanol–water partition coefficient (Wildman–Crippen LogP) is 0.0601. The zero-order valence-electron chi connectivity index (χ0n) is 20.5. The van der Waals surface area contributed by atoms with E-state index in [4.69, 9.17) is 37.9 Å². The van der Waals surface area contributed by atoms with E-state index in [1.807, 2.05) is 0 Å². The normalized spacial score (nSPS) is 28.4. The summed E-state index contributed by atoms with van der Waals surface area (Å²) >= 11 is 0. The molecule has 4 atom stereocenters. The van der Waals surface area contributed by atoms with Gasteiger partial charge in [0.2, 0.25) is 17.8 Å². The molecule has 0 bridgehead atoms. The number of nitrogens with zero attached hydrogens (tertiary/aromatic N) is 6. The smallest absolute Gasteiger partial charge is 0.232 e. The van der Waals surface area contributed by atoms with Gasteiger partial charge in [0.1, 0.15) is 0 Å². The summed E-state index contributed by atoms with van der Waals surface area (Å²) < 4.78 is 0. The Morgan fingerprint density at radius 2 is 1.06 bits per heavy atom. The Bertz CT molecular complexity index is 900. The molecule has 0 spiro atoms. The number of hydrogen-bond donors (Lipinski definition) is 4. The van der Waals surface area contributed by atoms with Crippen molar-refractivity contribution in [3.05, 3.63) is 35.9 Å². The Labute approximate surface area is 208 Å². The molecule has 3 fully saturated rings. The molecular weight excluding hydrogens is 440 g/mol. The van der Waals surface area contributed by atoms with E-state index in [1.165, 1.54) is 5.56 Å². The van der Waals surface area contributed by atoms with Gasteiger partial charge in [-0.25, -0.2) is 0 Å². The molecule has 8 N–H and O–H groups in total. The highest BCUT2D eigenvalue weighted by Crippen LogP contribution is 2.27. The van der Waals surface area contributed by atoms with E-state index in [2.05, 4.69) is 45.0 Å². The lowest BCUT2D eigenvalue weighted by molar-refractivity contribution is 0.399. The van der Waals surface area contributed by atoms with E-state index >= 15 is 0 Å². The van der Waals surface area contributed by atoms with Crippen LogP contribution in [-0.4, -0.2) is 78.4 Å². The van der Waals surface area contributed by atoms with E-state index in [1.54, 1.807) is 0 Å². The van der Waals surface area contributed by atoms with Crippen LogP contribution in [0.25, 0.3) is 0 Å². The van der Waals surface area contributed by atoms with Gasteiger partial charge in [0, 0.05) is 63.4 Å². The molecule has 3 aliphatic heterocycles. The van der Waals surface area contributed by atoms with E-state index in [0.29, 0.717) is 44.0 Å². The number of aromatic nitrogens is 3. The Balaban J connectivity index is 1.36. The SMILES string of the molecule is N[C@@H]1C[C@H](N)CN(c2nc(N3CCC(Cc4ccccc4)CC3)nc(N3C[C@H](N)C[C@H](N)C3)n2)C1. The Kier molecular flexibility index (Phi) is 7.33. The molecule has 3 saturated heterocycles. The van der Waals surface area contributed by atoms with Gasteiger partial charge >= 0.3 is 0 Å². The van der Waals surface area contributed by atoms with Crippen LogP contribution in [0.3, 0.4) is 0 Å². The van der Waals surface area contributed by atoms with Gasteiger partial charge in [-0.15, -0.1) is 0 Å². The van der Waals surface area contributed by atoms with Crippen LogP contribution in [0.4, 0.5) is 17.8 Å². The van der Waals surface area contributed by atoms with Crippen molar-refractivity contribution in [2.24, 2.45) is 28.9 Å². The minimum Gasteiger partial charge on any atom is -0.341 e. The first-order chi connectivity index (χ1) is 16.9. The third-order valence-corrected chi connectivity index (χ3v) is 7.46. The van der Waals surface area contributed by atoms with Crippen LogP contribution in [0, 0.1) is 5.92 Å². The molecule has 10 nitrogen and oxygen atoms in total. The van der Waals surface area contributed by atoms with E-state index in [0.717, 1.165) is 51.1 Å². The van der Waals surface area contributed by atoms with Crippen molar-refractivity contribution in [1.82, 2.24) is 15.0 Å². The van der Waals surface area contributed by atoms with E-state index < -0.39 is 0 Å². The lowest BCUT2D eigenvalue weighted by atomic mass is 9.90. The van der Waals surface area contributed by atoms with Gasteiger partial charge in [0.25, 0.3) is 0 Å². The van der Waals surface area contributed by atoms with Crippen LogP contribution in [0.2, 0.25) is 0 Å². The van der Waals surface area contributed by atoms with Crippen molar-refractivity contribution in [3.8, 4) is 0 Å². The molecule has 190 valence electrons. The van der Waals surface area contributed by atoms with Gasteiger partial charge in [-0.3, -0.25) is 0 Å². The van der Waals surface area contributed by atoms with Crippen LogP contribution >= 0.6 is 0 Å². The molecule has 0 saturated carbocycles. The minimum absolute atomic E-state index is 0.00739. The van der Waals surface area contributed by atoms with Crippen LogP contribution in [0.5, 0.6) is 0 Å². The zero-order valence-corrected chi connectivity index (χ0v) is 20.5. The molecule has 2 aromatic rings. The summed E-state index contributed by atoms with van der Waals surface area (Å²) in [4.78, 5) is 21.2. The van der Waals surface area contributed by atoms with Crippen LogP contribution in [-0.2, 0) is 6.42 Å². The lowest BCUT2D eigenvalue weighted by Gasteiger charge is -2.38. The second-order valence-corrected chi connectivity index (χ2v) is 10.7. The Morgan fingerprint density at radius 1 is 0.629 bits per heavy atom. The molecule has 0 amide bonds. The summed E-state index contributed by atoms with van der Waals surface area (Å²) in [5, 5.41) is 0. The van der Waals surface area contributed by atoms with Crippen LogP contribution < -0.4 is 37.6 Å². The molecule has 1 aromatic carbocycles.